The van der Waals surface area contributed by atoms with Crippen LogP contribution in [0.5, 0.6) is 10.8 Å². The maximum absolute atomic E-state index is 12.1. The van der Waals surface area contributed by atoms with Crippen LogP contribution >= 0.6 is 19.6 Å². The lowest BCUT2D eigenvalue weighted by Crippen LogP contribution is -1.91. The molecule has 3 rings (SSSR count). The Morgan fingerprint density at radius 3 is 2.43 bits per heavy atom. The Bertz CT molecular complexity index is 799. The van der Waals surface area contributed by atoms with Gasteiger partial charge in [-0.25, -0.2) is 9.05 Å². The molecule has 0 radical (unpaired) electrons. The van der Waals surface area contributed by atoms with Crippen LogP contribution in [0.2, 0.25) is 0 Å². The van der Waals surface area contributed by atoms with Crippen molar-refractivity contribution < 1.29 is 13.6 Å². The molecule has 3 aromatic rings. The van der Waals surface area contributed by atoms with Crippen molar-refractivity contribution in [2.24, 2.45) is 0 Å². The van der Waals surface area contributed by atoms with E-state index in [0.29, 0.717) is 10.8 Å². The van der Waals surface area contributed by atoms with E-state index in [0.717, 1.165) is 22.4 Å². The Morgan fingerprint density at radius 1 is 0.913 bits per heavy atom. The van der Waals surface area contributed by atoms with Crippen molar-refractivity contribution in [3.05, 3.63) is 72.3 Å². The van der Waals surface area contributed by atoms with Crippen molar-refractivity contribution in [3.63, 3.8) is 0 Å². The van der Waals surface area contributed by atoms with Crippen molar-refractivity contribution in [3.8, 4) is 21.3 Å². The van der Waals surface area contributed by atoms with E-state index in [-0.39, 0.29) is 0 Å². The molecule has 0 amide bonds. The smallest absolute Gasteiger partial charge is 0.222 e. The summed E-state index contributed by atoms with van der Waals surface area (Å²) in [7, 11) is -2.25. The second kappa shape index (κ2) is 7.40. The molecular weight excluding hydrogens is 327 g/mol. The molecule has 0 N–H and O–H groups in total. The van der Waals surface area contributed by atoms with Crippen molar-refractivity contribution in [2.45, 2.75) is 13.3 Å². The molecule has 0 aliphatic heterocycles. The fourth-order valence-corrected chi connectivity index (χ4v) is 3.84. The highest BCUT2D eigenvalue weighted by molar-refractivity contribution is 7.35. The third-order valence-corrected chi connectivity index (χ3v) is 5.16. The molecule has 1 atom stereocenters. The summed E-state index contributed by atoms with van der Waals surface area (Å²) in [6.07, 6.45) is 0.816. The first-order valence-electron chi connectivity index (χ1n) is 7.32. The molecule has 23 heavy (non-hydrogen) atoms. The van der Waals surface area contributed by atoms with Gasteiger partial charge in [0, 0.05) is 15.0 Å². The molecule has 1 unspecified atom stereocenters. The summed E-state index contributed by atoms with van der Waals surface area (Å²) in [6, 6.07) is 21.3. The largest absolute Gasteiger partial charge is 0.806 e. The van der Waals surface area contributed by atoms with E-state index in [9.17, 15) is 4.57 Å². The molecule has 0 saturated heterocycles. The predicted octanol–water partition coefficient (Wildman–Crippen LogP) is 6.09. The van der Waals surface area contributed by atoms with Gasteiger partial charge in [-0.1, -0.05) is 66.8 Å². The summed E-state index contributed by atoms with van der Waals surface area (Å²) >= 11 is 1.45. The van der Waals surface area contributed by atoms with Gasteiger partial charge in [0.05, 0.1) is 0 Å². The molecule has 0 saturated carbocycles. The molecular formula is C18H16O3PS+. The molecule has 1 heterocycles. The first-order valence-corrected chi connectivity index (χ1v) is 9.24. The van der Waals surface area contributed by atoms with E-state index < -0.39 is 8.25 Å². The van der Waals surface area contributed by atoms with Crippen LogP contribution in [-0.4, -0.2) is 0 Å². The van der Waals surface area contributed by atoms with Gasteiger partial charge in [-0.3, -0.25) is 0 Å². The van der Waals surface area contributed by atoms with Gasteiger partial charge in [0.25, 0.3) is 0 Å². The number of rotatable bonds is 6. The number of para-hydroxylation sites is 1. The minimum atomic E-state index is -2.25. The Morgan fingerprint density at radius 2 is 1.65 bits per heavy atom. The molecule has 116 valence electrons. The van der Waals surface area contributed by atoms with Crippen LogP contribution in [0.3, 0.4) is 0 Å². The van der Waals surface area contributed by atoms with Gasteiger partial charge in [-0.2, -0.15) is 0 Å². The molecule has 0 fully saturated rings. The van der Waals surface area contributed by atoms with Crippen LogP contribution in [0.4, 0.5) is 0 Å². The molecule has 2 aromatic carbocycles. The van der Waals surface area contributed by atoms with E-state index in [1.165, 1.54) is 11.3 Å². The number of hydrogen-bond acceptors (Lipinski definition) is 4. The average Bonchev–Trinajstić information content (AvgIpc) is 3.04. The van der Waals surface area contributed by atoms with Crippen molar-refractivity contribution in [1.82, 2.24) is 0 Å². The maximum Gasteiger partial charge on any atom is 0.806 e. The van der Waals surface area contributed by atoms with Crippen molar-refractivity contribution in [2.75, 3.05) is 0 Å². The number of aryl methyl sites for hydroxylation is 1. The molecule has 0 aliphatic carbocycles. The second-order valence-corrected chi connectivity index (χ2v) is 6.71. The fraction of sp³-hybridized carbons (Fsp3) is 0.111. The summed E-state index contributed by atoms with van der Waals surface area (Å²) in [5.74, 6) is 0.607. The van der Waals surface area contributed by atoms with E-state index in [2.05, 4.69) is 0 Å². The van der Waals surface area contributed by atoms with Crippen LogP contribution in [0.25, 0.3) is 10.4 Å². The molecule has 0 spiro atoms. The summed E-state index contributed by atoms with van der Waals surface area (Å²) in [5.41, 5.74) is 2.12. The first-order chi connectivity index (χ1) is 11.3. The Kier molecular flexibility index (Phi) is 5.06. The van der Waals surface area contributed by atoms with E-state index in [1.807, 2.05) is 67.6 Å². The SMILES string of the molecule is CCc1ccccc1O[P+](=O)Oc1ccc(-c2ccccc2)s1. The van der Waals surface area contributed by atoms with E-state index in [1.54, 1.807) is 6.07 Å². The van der Waals surface area contributed by atoms with Crippen molar-refractivity contribution in [1.29, 1.82) is 0 Å². The Balaban J connectivity index is 1.68. The average molecular weight is 343 g/mol. The van der Waals surface area contributed by atoms with Crippen LogP contribution in [0.15, 0.2) is 66.7 Å². The minimum Gasteiger partial charge on any atom is -0.222 e. The Labute approximate surface area is 140 Å². The highest BCUT2D eigenvalue weighted by Crippen LogP contribution is 2.39. The topological polar surface area (TPSA) is 35.5 Å². The maximum atomic E-state index is 12.1. The molecule has 1 aromatic heterocycles. The van der Waals surface area contributed by atoms with Crippen molar-refractivity contribution >= 4 is 19.6 Å². The third kappa shape index (κ3) is 3.98. The molecule has 0 aliphatic rings. The van der Waals surface area contributed by atoms with Gasteiger partial charge in [0.2, 0.25) is 5.06 Å². The van der Waals surface area contributed by atoms with Gasteiger partial charge in [0.1, 0.15) is 0 Å². The predicted molar refractivity (Wildman–Crippen MR) is 94.4 cm³/mol. The lowest BCUT2D eigenvalue weighted by Gasteiger charge is -1.99. The van der Waals surface area contributed by atoms with E-state index >= 15 is 0 Å². The second-order valence-electron chi connectivity index (χ2n) is 4.85. The highest BCUT2D eigenvalue weighted by atomic mass is 32.1. The number of thiophene rings is 1. The lowest BCUT2D eigenvalue weighted by molar-refractivity contribution is 0.418. The summed E-state index contributed by atoms with van der Waals surface area (Å²) < 4.78 is 23.0. The number of hydrogen-bond donors (Lipinski definition) is 0. The normalized spacial score (nSPS) is 11.1. The molecule has 5 heteroatoms. The van der Waals surface area contributed by atoms with Gasteiger partial charge in [0.15, 0.2) is 5.75 Å². The zero-order valence-corrected chi connectivity index (χ0v) is 14.3. The van der Waals surface area contributed by atoms with E-state index in [4.69, 9.17) is 9.05 Å². The van der Waals surface area contributed by atoms with Crippen LogP contribution in [0, 0.1) is 0 Å². The highest BCUT2D eigenvalue weighted by Gasteiger charge is 2.26. The van der Waals surface area contributed by atoms with Crippen LogP contribution in [-0.2, 0) is 11.0 Å². The quantitative estimate of drug-likeness (QED) is 0.508. The summed E-state index contributed by atoms with van der Waals surface area (Å²) in [5, 5.41) is 0.582. The zero-order chi connectivity index (χ0) is 16.1. The fourth-order valence-electron chi connectivity index (χ4n) is 2.18. The third-order valence-electron chi connectivity index (χ3n) is 3.33. The van der Waals surface area contributed by atoms with Gasteiger partial charge < -0.3 is 0 Å². The minimum absolute atomic E-state index is 0.582. The summed E-state index contributed by atoms with van der Waals surface area (Å²) in [4.78, 5) is 1.07. The van der Waals surface area contributed by atoms with Gasteiger partial charge in [-0.15, -0.1) is 0 Å². The first kappa shape index (κ1) is 15.7. The van der Waals surface area contributed by atoms with Crippen LogP contribution < -0.4 is 9.05 Å². The molecule has 0 bridgehead atoms. The van der Waals surface area contributed by atoms with Crippen LogP contribution in [0.1, 0.15) is 12.5 Å². The number of benzene rings is 2. The van der Waals surface area contributed by atoms with Gasteiger partial charge in [-0.05, 0) is 30.2 Å². The standard InChI is InChI=1S/C18H16O3PS/c1-2-14-8-6-7-11-16(14)20-22(19)21-18-13-12-17(23-18)15-9-4-3-5-10-15/h3-13H,2H2,1H3/q+1. The molecule has 3 nitrogen and oxygen atoms in total. The van der Waals surface area contributed by atoms with Gasteiger partial charge >= 0.3 is 8.25 Å². The summed E-state index contributed by atoms with van der Waals surface area (Å²) in [6.45, 7) is 2.03. The Hall–Kier alpha value is -2.16. The monoisotopic (exact) mass is 343 g/mol. The lowest BCUT2D eigenvalue weighted by atomic mass is 10.1. The zero-order valence-electron chi connectivity index (χ0n) is 12.6.